The van der Waals surface area contributed by atoms with Crippen molar-refractivity contribution in [1.29, 1.82) is 0 Å². The number of carbonyl (C=O) groups is 1. The number of Topliss-reactive ketones (excluding diaryl/α,β-unsaturated/α-hetero) is 1. The molecule has 0 N–H and O–H groups in total. The number of nitrogens with zero attached hydrogens (tertiary/aromatic N) is 4. The number of hydrogen-bond donors (Lipinski definition) is 0. The number of rotatable bonds is 8. The molecule has 32 heavy (non-hydrogen) atoms. The average Bonchev–Trinajstić information content (AvgIpc) is 3.40. The van der Waals surface area contributed by atoms with Crippen molar-refractivity contribution in [3.8, 4) is 0 Å². The number of benzene rings is 1. The van der Waals surface area contributed by atoms with Gasteiger partial charge < -0.3 is 9.13 Å². The van der Waals surface area contributed by atoms with Gasteiger partial charge in [0, 0.05) is 36.5 Å². The molecule has 0 saturated carbocycles. The molecule has 170 valence electrons. The summed E-state index contributed by atoms with van der Waals surface area (Å²) in [5.74, 6) is 1.20. The van der Waals surface area contributed by atoms with E-state index < -0.39 is 9.84 Å². The van der Waals surface area contributed by atoms with Crippen molar-refractivity contribution < 1.29 is 13.2 Å². The van der Waals surface area contributed by atoms with Crippen LogP contribution in [0.5, 0.6) is 0 Å². The number of carbonyl (C=O) groups excluding carboxylic acids is 1. The zero-order valence-electron chi connectivity index (χ0n) is 18.6. The first-order valence-electron chi connectivity index (χ1n) is 10.7. The van der Waals surface area contributed by atoms with Gasteiger partial charge in [0.15, 0.2) is 20.8 Å². The first-order valence-corrected chi connectivity index (χ1v) is 13.5. The lowest BCUT2D eigenvalue weighted by atomic mass is 10.1. The first kappa shape index (κ1) is 22.8. The van der Waals surface area contributed by atoms with Crippen molar-refractivity contribution in [1.82, 2.24) is 19.3 Å². The normalized spacial score (nSPS) is 17.7. The Morgan fingerprint density at radius 1 is 1.19 bits per heavy atom. The van der Waals surface area contributed by atoms with Gasteiger partial charge in [-0.2, -0.15) is 0 Å². The molecule has 3 aromatic rings. The number of aromatic nitrogens is 4. The van der Waals surface area contributed by atoms with Crippen molar-refractivity contribution in [2.45, 2.75) is 44.3 Å². The highest BCUT2D eigenvalue weighted by Gasteiger charge is 2.32. The minimum atomic E-state index is -2.99. The summed E-state index contributed by atoms with van der Waals surface area (Å²) in [4.78, 5) is 13.0. The molecule has 0 radical (unpaired) electrons. The van der Waals surface area contributed by atoms with Crippen LogP contribution in [0.25, 0.3) is 0 Å². The molecule has 2 aromatic heterocycles. The van der Waals surface area contributed by atoms with Gasteiger partial charge in [-0.15, -0.1) is 10.2 Å². The Labute approximate surface area is 193 Å². The lowest BCUT2D eigenvalue weighted by Crippen LogP contribution is -2.10. The van der Waals surface area contributed by atoms with Crippen LogP contribution in [0.15, 0.2) is 41.6 Å². The summed E-state index contributed by atoms with van der Waals surface area (Å²) in [6.07, 6.45) is 1.49. The Morgan fingerprint density at radius 2 is 1.94 bits per heavy atom. The highest BCUT2D eigenvalue weighted by Crippen LogP contribution is 2.29. The van der Waals surface area contributed by atoms with E-state index in [1.54, 1.807) is 0 Å². The van der Waals surface area contributed by atoms with E-state index in [1.807, 2.05) is 49.7 Å². The summed E-state index contributed by atoms with van der Waals surface area (Å²) >= 11 is 1.34. The first-order chi connectivity index (χ1) is 15.2. The summed E-state index contributed by atoms with van der Waals surface area (Å²) in [7, 11) is -1.15. The third-order valence-corrected chi connectivity index (χ3v) is 8.93. The smallest absolute Gasteiger partial charge is 0.191 e. The fourth-order valence-corrected chi connectivity index (χ4v) is 6.87. The van der Waals surface area contributed by atoms with Gasteiger partial charge in [0.1, 0.15) is 5.82 Å². The van der Waals surface area contributed by atoms with Gasteiger partial charge in [-0.1, -0.05) is 42.1 Å². The molecule has 1 atom stereocenters. The zero-order valence-corrected chi connectivity index (χ0v) is 20.2. The number of ketones is 1. The van der Waals surface area contributed by atoms with E-state index >= 15 is 0 Å². The van der Waals surface area contributed by atoms with Crippen molar-refractivity contribution in [3.63, 3.8) is 0 Å². The number of sulfone groups is 1. The number of thioether (sulfide) groups is 1. The quantitative estimate of drug-likeness (QED) is 0.369. The van der Waals surface area contributed by atoms with Gasteiger partial charge >= 0.3 is 0 Å². The van der Waals surface area contributed by atoms with E-state index in [2.05, 4.69) is 26.9 Å². The molecule has 1 unspecified atom stereocenters. The minimum Gasteiger partial charge on any atom is -0.348 e. The predicted molar refractivity (Wildman–Crippen MR) is 126 cm³/mol. The van der Waals surface area contributed by atoms with E-state index in [-0.39, 0.29) is 29.0 Å². The molecular weight excluding hydrogens is 444 g/mol. The Balaban J connectivity index is 1.41. The van der Waals surface area contributed by atoms with Gasteiger partial charge in [0.05, 0.1) is 17.3 Å². The van der Waals surface area contributed by atoms with Crippen LogP contribution in [0.2, 0.25) is 0 Å². The summed E-state index contributed by atoms with van der Waals surface area (Å²) in [5, 5.41) is 9.06. The molecule has 3 heterocycles. The average molecular weight is 473 g/mol. The second kappa shape index (κ2) is 9.23. The van der Waals surface area contributed by atoms with Crippen LogP contribution in [-0.4, -0.2) is 50.8 Å². The van der Waals surface area contributed by atoms with Crippen molar-refractivity contribution >= 4 is 27.4 Å². The van der Waals surface area contributed by atoms with Crippen molar-refractivity contribution in [2.24, 2.45) is 7.05 Å². The lowest BCUT2D eigenvalue weighted by Gasteiger charge is -2.10. The Hall–Kier alpha value is -2.39. The highest BCUT2D eigenvalue weighted by atomic mass is 32.2. The van der Waals surface area contributed by atoms with Gasteiger partial charge in [0.2, 0.25) is 0 Å². The maximum absolute atomic E-state index is 13.0. The fraction of sp³-hybridized carbons (Fsp3) is 0.435. The molecular formula is C23H28N4O3S2. The third kappa shape index (κ3) is 4.83. The molecule has 0 aliphatic carbocycles. The molecule has 1 aliphatic heterocycles. The van der Waals surface area contributed by atoms with E-state index in [9.17, 15) is 13.2 Å². The topological polar surface area (TPSA) is 86.9 Å². The molecule has 4 rings (SSSR count). The monoisotopic (exact) mass is 472 g/mol. The molecule has 9 heteroatoms. The van der Waals surface area contributed by atoms with Crippen LogP contribution in [-0.2, 0) is 29.9 Å². The predicted octanol–water partition coefficient (Wildman–Crippen LogP) is 3.35. The highest BCUT2D eigenvalue weighted by molar-refractivity contribution is 7.99. The summed E-state index contributed by atoms with van der Waals surface area (Å²) in [5.41, 5.74) is 4.08. The third-order valence-electron chi connectivity index (χ3n) is 6.14. The number of hydrogen-bond acceptors (Lipinski definition) is 6. The van der Waals surface area contributed by atoms with Crippen LogP contribution >= 0.6 is 11.8 Å². The standard InChI is InChI=1S/C23H28N4O3S2/c1-16-13-20(17(2)27(16)11-9-18-7-5-4-6-8-18)21(28)14-31-23-25-24-22(26(23)3)19-10-12-32(29,30)15-19/h4-8,13,19H,9-12,14-15H2,1-3H3. The molecule has 1 aliphatic rings. The molecule has 0 bridgehead atoms. The van der Waals surface area contributed by atoms with E-state index in [0.29, 0.717) is 17.4 Å². The Bertz CT molecular complexity index is 1230. The van der Waals surface area contributed by atoms with Crippen molar-refractivity contribution in [2.75, 3.05) is 17.3 Å². The molecule has 7 nitrogen and oxygen atoms in total. The molecule has 1 fully saturated rings. The minimum absolute atomic E-state index is 0.0575. The van der Waals surface area contributed by atoms with Gasteiger partial charge in [-0.05, 0) is 38.3 Å². The van der Waals surface area contributed by atoms with Gasteiger partial charge in [0.25, 0.3) is 0 Å². The van der Waals surface area contributed by atoms with Crippen LogP contribution in [0.3, 0.4) is 0 Å². The maximum atomic E-state index is 13.0. The Morgan fingerprint density at radius 3 is 2.62 bits per heavy atom. The molecule has 1 saturated heterocycles. The molecule has 0 spiro atoms. The van der Waals surface area contributed by atoms with Crippen molar-refractivity contribution in [3.05, 3.63) is 64.7 Å². The van der Waals surface area contributed by atoms with Gasteiger partial charge in [-0.25, -0.2) is 8.42 Å². The summed E-state index contributed by atoms with van der Waals surface area (Å²) in [6, 6.07) is 12.3. The largest absolute Gasteiger partial charge is 0.348 e. The second-order valence-electron chi connectivity index (χ2n) is 8.38. The summed E-state index contributed by atoms with van der Waals surface area (Å²) in [6.45, 7) is 4.86. The number of aryl methyl sites for hydroxylation is 2. The van der Waals surface area contributed by atoms with Gasteiger partial charge in [-0.3, -0.25) is 4.79 Å². The molecule has 1 aromatic carbocycles. The van der Waals surface area contributed by atoms with Crippen LogP contribution < -0.4 is 0 Å². The SMILES string of the molecule is Cc1cc(C(=O)CSc2nnc(C3CCS(=O)(=O)C3)n2C)c(C)n1CCc1ccccc1. The Kier molecular flexibility index (Phi) is 6.57. The maximum Gasteiger partial charge on any atom is 0.191 e. The van der Waals surface area contributed by atoms with Crippen LogP contribution in [0, 0.1) is 13.8 Å². The fourth-order valence-electron chi connectivity index (χ4n) is 4.33. The molecule has 0 amide bonds. The van der Waals surface area contributed by atoms with Crippen LogP contribution in [0.4, 0.5) is 0 Å². The lowest BCUT2D eigenvalue weighted by molar-refractivity contribution is 0.102. The van der Waals surface area contributed by atoms with E-state index in [4.69, 9.17) is 0 Å². The van der Waals surface area contributed by atoms with Crippen LogP contribution in [0.1, 0.15) is 45.5 Å². The zero-order chi connectivity index (χ0) is 22.9. The summed E-state index contributed by atoms with van der Waals surface area (Å²) < 4.78 is 27.6. The second-order valence-corrected chi connectivity index (χ2v) is 11.6. The van der Waals surface area contributed by atoms with E-state index in [1.165, 1.54) is 17.3 Å². The van der Waals surface area contributed by atoms with E-state index in [0.717, 1.165) is 29.9 Å².